The Kier molecular flexibility index (Phi) is 5.26. The van der Waals surface area contributed by atoms with E-state index in [-0.39, 0.29) is 12.4 Å². The molecule has 0 aliphatic carbocycles. The highest BCUT2D eigenvalue weighted by atomic mass is 16.2. The summed E-state index contributed by atoms with van der Waals surface area (Å²) in [6.45, 7) is 3.16. The Hall–Kier alpha value is -4.00. The number of aromatic nitrogens is 7. The zero-order valence-electron chi connectivity index (χ0n) is 16.4. The largest absolute Gasteiger partial charge is 0.330 e. The molecule has 0 aliphatic rings. The predicted octanol–water partition coefficient (Wildman–Crippen LogP) is 1.25. The zero-order valence-corrected chi connectivity index (χ0v) is 16.4. The normalized spacial score (nSPS) is 11.1. The Labute approximate surface area is 171 Å². The number of nitrogens with one attached hydrogen (secondary N) is 1. The molecule has 0 bridgehead atoms. The summed E-state index contributed by atoms with van der Waals surface area (Å²) >= 11 is 0. The second-order valence-electron chi connectivity index (χ2n) is 6.91. The number of imidazole rings is 1. The lowest BCUT2D eigenvalue weighted by molar-refractivity contribution is 0.574. The van der Waals surface area contributed by atoms with Gasteiger partial charge in [0.2, 0.25) is 0 Å². The molecule has 0 saturated carbocycles. The van der Waals surface area contributed by atoms with E-state index in [9.17, 15) is 9.59 Å². The molecular weight excluding hydrogens is 384 g/mol. The smallest absolute Gasteiger partial charge is 0.321 e. The number of fused-ring (bicyclic) bond motifs is 1. The molecule has 0 radical (unpaired) electrons. The van der Waals surface area contributed by atoms with Gasteiger partial charge in [-0.2, -0.15) is 5.26 Å². The molecule has 0 saturated heterocycles. The number of nitrogens with zero attached hydrogens (tertiary/aromatic N) is 7. The van der Waals surface area contributed by atoms with E-state index in [2.05, 4.69) is 27.0 Å². The molecule has 4 aromatic rings. The van der Waals surface area contributed by atoms with E-state index in [1.165, 1.54) is 15.6 Å². The van der Waals surface area contributed by atoms with Crippen molar-refractivity contribution in [3.05, 3.63) is 74.7 Å². The first-order chi connectivity index (χ1) is 14.6. The van der Waals surface area contributed by atoms with E-state index in [4.69, 9.17) is 5.26 Å². The van der Waals surface area contributed by atoms with Gasteiger partial charge in [0.25, 0.3) is 11.4 Å². The minimum atomic E-state index is -0.504. The zero-order chi connectivity index (χ0) is 21.1. The second kappa shape index (κ2) is 8.16. The van der Waals surface area contributed by atoms with Crippen LogP contribution in [0.4, 0.5) is 0 Å². The average Bonchev–Trinajstić information content (AvgIpc) is 3.35. The molecule has 3 heterocycles. The van der Waals surface area contributed by atoms with E-state index in [1.54, 1.807) is 0 Å². The van der Waals surface area contributed by atoms with Crippen molar-refractivity contribution in [2.45, 2.75) is 39.4 Å². The van der Waals surface area contributed by atoms with E-state index < -0.39 is 11.2 Å². The number of hydrogen-bond acceptors (Lipinski definition) is 6. The van der Waals surface area contributed by atoms with Gasteiger partial charge in [-0.05, 0) is 12.0 Å². The van der Waals surface area contributed by atoms with E-state index in [0.29, 0.717) is 30.1 Å². The van der Waals surface area contributed by atoms with Crippen molar-refractivity contribution < 1.29 is 0 Å². The number of unbranched alkanes of at least 4 members (excludes halogenated alkanes) is 1. The van der Waals surface area contributed by atoms with Gasteiger partial charge >= 0.3 is 5.69 Å². The average molecular weight is 404 g/mol. The molecule has 4 rings (SSSR count). The molecule has 10 nitrogen and oxygen atoms in total. The Morgan fingerprint density at radius 1 is 1.13 bits per heavy atom. The molecular formula is C20H20N8O2. The predicted molar refractivity (Wildman–Crippen MR) is 109 cm³/mol. The van der Waals surface area contributed by atoms with Gasteiger partial charge in [0.1, 0.15) is 24.8 Å². The third-order valence-electron chi connectivity index (χ3n) is 4.82. The first kappa shape index (κ1) is 19.3. The molecule has 0 spiro atoms. The fourth-order valence-corrected chi connectivity index (χ4v) is 3.38. The van der Waals surface area contributed by atoms with Crippen LogP contribution in [0.5, 0.6) is 0 Å². The van der Waals surface area contributed by atoms with Crippen LogP contribution < -0.4 is 11.2 Å². The molecule has 152 valence electrons. The van der Waals surface area contributed by atoms with Crippen molar-refractivity contribution in [3.63, 3.8) is 0 Å². The lowest BCUT2D eigenvalue weighted by atomic mass is 10.2. The van der Waals surface area contributed by atoms with Gasteiger partial charge in [-0.25, -0.2) is 19.4 Å². The van der Waals surface area contributed by atoms with Crippen LogP contribution in [0.3, 0.4) is 0 Å². The third kappa shape index (κ3) is 3.65. The minimum Gasteiger partial charge on any atom is -0.321 e. The molecule has 3 aromatic heterocycles. The number of nitriles is 1. The highest BCUT2D eigenvalue weighted by molar-refractivity contribution is 5.71. The van der Waals surface area contributed by atoms with E-state index in [0.717, 1.165) is 18.4 Å². The summed E-state index contributed by atoms with van der Waals surface area (Å²) in [6, 6.07) is 11.4. The van der Waals surface area contributed by atoms with E-state index >= 15 is 0 Å². The lowest BCUT2D eigenvalue weighted by Gasteiger charge is -2.09. The molecule has 0 aliphatic heterocycles. The van der Waals surface area contributed by atoms with Crippen LogP contribution in [0.15, 0.2) is 46.2 Å². The number of H-pyrrole nitrogens is 1. The van der Waals surface area contributed by atoms with Gasteiger partial charge in [0, 0.05) is 6.54 Å². The Morgan fingerprint density at radius 2 is 1.93 bits per heavy atom. The van der Waals surface area contributed by atoms with Gasteiger partial charge in [-0.15, -0.1) is 5.10 Å². The van der Waals surface area contributed by atoms with E-state index in [1.807, 2.05) is 41.0 Å². The highest BCUT2D eigenvalue weighted by Crippen LogP contribution is 2.15. The van der Waals surface area contributed by atoms with Crippen molar-refractivity contribution >= 4 is 11.2 Å². The minimum absolute atomic E-state index is 0.0602. The fraction of sp³-hybridized carbons (Fsp3) is 0.300. The molecule has 0 fully saturated rings. The van der Waals surface area contributed by atoms with Crippen molar-refractivity contribution in [2.24, 2.45) is 0 Å². The number of benzene rings is 1. The molecule has 0 amide bonds. The van der Waals surface area contributed by atoms with Crippen molar-refractivity contribution in [1.82, 2.24) is 33.9 Å². The van der Waals surface area contributed by atoms with Gasteiger partial charge in [-0.1, -0.05) is 43.7 Å². The monoisotopic (exact) mass is 404 g/mol. The van der Waals surface area contributed by atoms with Gasteiger partial charge in [-0.3, -0.25) is 14.3 Å². The molecule has 0 atom stereocenters. The van der Waals surface area contributed by atoms with Crippen molar-refractivity contribution in [2.75, 3.05) is 0 Å². The van der Waals surface area contributed by atoms with Crippen LogP contribution in [0.1, 0.15) is 37.0 Å². The van der Waals surface area contributed by atoms with Crippen LogP contribution in [0.25, 0.3) is 11.2 Å². The number of aromatic amines is 1. The SMILES string of the molecule is CCCCn1c(Cn2cnc(C#N)n2)nc2c1c(=O)[nH]c(=O)n2Cc1ccccc1. The number of aryl methyl sites for hydroxylation is 1. The first-order valence-corrected chi connectivity index (χ1v) is 9.66. The molecule has 0 unspecified atom stereocenters. The Balaban J connectivity index is 1.87. The molecule has 30 heavy (non-hydrogen) atoms. The summed E-state index contributed by atoms with van der Waals surface area (Å²) in [6.07, 6.45) is 3.22. The van der Waals surface area contributed by atoms with Crippen LogP contribution >= 0.6 is 0 Å². The van der Waals surface area contributed by atoms with Crippen LogP contribution in [0, 0.1) is 11.3 Å². The standard InChI is InChI=1S/C20H20N8O2/c1-2-3-9-27-16(12-26-13-22-15(10-21)25-26)23-18-17(27)19(29)24-20(30)28(18)11-14-7-5-4-6-8-14/h4-8,13H,2-3,9,11-12H2,1H3,(H,24,29,30). The van der Waals surface area contributed by atoms with Crippen LogP contribution in [-0.4, -0.2) is 33.9 Å². The number of rotatable bonds is 7. The maximum Gasteiger partial charge on any atom is 0.330 e. The molecule has 1 aromatic carbocycles. The molecule has 1 N–H and O–H groups in total. The van der Waals surface area contributed by atoms with Gasteiger partial charge in [0.05, 0.1) is 6.54 Å². The van der Waals surface area contributed by atoms with Gasteiger partial charge < -0.3 is 4.57 Å². The first-order valence-electron chi connectivity index (χ1n) is 9.66. The summed E-state index contributed by atoms with van der Waals surface area (Å²) in [7, 11) is 0. The maximum absolute atomic E-state index is 12.7. The summed E-state index contributed by atoms with van der Waals surface area (Å²) < 4.78 is 4.79. The second-order valence-corrected chi connectivity index (χ2v) is 6.91. The summed E-state index contributed by atoms with van der Waals surface area (Å²) in [4.78, 5) is 36.3. The number of hydrogen-bond donors (Lipinski definition) is 1. The summed E-state index contributed by atoms with van der Waals surface area (Å²) in [5, 5.41) is 13.0. The fourth-order valence-electron chi connectivity index (χ4n) is 3.38. The summed E-state index contributed by atoms with van der Waals surface area (Å²) in [5.74, 6) is 0.635. The van der Waals surface area contributed by atoms with Crippen LogP contribution in [0.2, 0.25) is 0 Å². The Bertz CT molecular complexity index is 1340. The highest BCUT2D eigenvalue weighted by Gasteiger charge is 2.19. The maximum atomic E-state index is 12.7. The quantitative estimate of drug-likeness (QED) is 0.494. The van der Waals surface area contributed by atoms with Gasteiger partial charge in [0.15, 0.2) is 11.2 Å². The van der Waals surface area contributed by atoms with Crippen molar-refractivity contribution in [3.8, 4) is 6.07 Å². The summed E-state index contributed by atoms with van der Waals surface area (Å²) in [5.41, 5.74) is 0.641. The van der Waals surface area contributed by atoms with Crippen molar-refractivity contribution in [1.29, 1.82) is 5.26 Å². The topological polar surface area (TPSA) is 127 Å². The Morgan fingerprint density at radius 3 is 2.63 bits per heavy atom. The van der Waals surface area contributed by atoms with Crippen LogP contribution in [-0.2, 0) is 19.6 Å². The third-order valence-corrected chi connectivity index (χ3v) is 4.82. The lowest BCUT2D eigenvalue weighted by Crippen LogP contribution is -2.31. The molecule has 10 heteroatoms.